The van der Waals surface area contributed by atoms with Crippen LogP contribution in [0.1, 0.15) is 26.2 Å². The molecule has 1 amide bonds. The molecular formula is C15H27N3O2. The molecule has 0 spiro atoms. The monoisotopic (exact) mass is 281 g/mol. The zero-order valence-corrected chi connectivity index (χ0v) is 12.4. The Hall–Kier alpha value is -0.650. The highest BCUT2D eigenvalue weighted by atomic mass is 16.5. The Labute approximate surface area is 121 Å². The fraction of sp³-hybridized carbons (Fsp3) is 0.933. The van der Waals surface area contributed by atoms with Crippen molar-refractivity contribution in [2.75, 3.05) is 39.4 Å². The summed E-state index contributed by atoms with van der Waals surface area (Å²) >= 11 is 0. The largest absolute Gasteiger partial charge is 0.381 e. The highest BCUT2D eigenvalue weighted by Crippen LogP contribution is 2.33. The maximum absolute atomic E-state index is 12.2. The van der Waals surface area contributed by atoms with E-state index in [1.807, 2.05) is 0 Å². The molecule has 3 rings (SSSR count). The first-order valence-corrected chi connectivity index (χ1v) is 8.09. The van der Waals surface area contributed by atoms with E-state index in [9.17, 15) is 4.79 Å². The van der Waals surface area contributed by atoms with E-state index in [0.29, 0.717) is 18.6 Å². The van der Waals surface area contributed by atoms with Crippen molar-refractivity contribution in [3.63, 3.8) is 0 Å². The van der Waals surface area contributed by atoms with E-state index in [1.54, 1.807) is 0 Å². The number of nitrogens with zero attached hydrogens (tertiary/aromatic N) is 1. The molecule has 3 unspecified atom stereocenters. The van der Waals surface area contributed by atoms with E-state index in [4.69, 9.17) is 4.74 Å². The second kappa shape index (κ2) is 6.41. The van der Waals surface area contributed by atoms with Crippen molar-refractivity contribution in [2.45, 2.75) is 38.3 Å². The quantitative estimate of drug-likeness (QED) is 0.773. The molecule has 0 aliphatic carbocycles. The number of likely N-dealkylation sites (tertiary alicyclic amines) is 1. The Bertz CT molecular complexity index is 344. The van der Waals surface area contributed by atoms with Crippen molar-refractivity contribution < 1.29 is 9.53 Å². The lowest BCUT2D eigenvalue weighted by Gasteiger charge is -2.28. The molecule has 0 aromatic rings. The van der Waals surface area contributed by atoms with Crippen molar-refractivity contribution in [1.82, 2.24) is 15.5 Å². The van der Waals surface area contributed by atoms with Crippen LogP contribution >= 0.6 is 0 Å². The van der Waals surface area contributed by atoms with Gasteiger partial charge >= 0.3 is 0 Å². The van der Waals surface area contributed by atoms with Gasteiger partial charge in [0.15, 0.2) is 0 Å². The van der Waals surface area contributed by atoms with Crippen molar-refractivity contribution in [1.29, 1.82) is 0 Å². The summed E-state index contributed by atoms with van der Waals surface area (Å²) in [5.74, 6) is 1.69. The molecule has 3 heterocycles. The average molecular weight is 281 g/mol. The summed E-state index contributed by atoms with van der Waals surface area (Å²) in [4.78, 5) is 14.6. The van der Waals surface area contributed by atoms with Crippen molar-refractivity contribution in [3.8, 4) is 0 Å². The summed E-state index contributed by atoms with van der Waals surface area (Å²) in [6.45, 7) is 7.71. The number of carbonyl (C=O) groups is 1. The zero-order chi connectivity index (χ0) is 13.9. The Morgan fingerprint density at radius 3 is 2.90 bits per heavy atom. The predicted octanol–water partition coefficient (Wildman–Crippen LogP) is 0.211. The molecule has 3 aliphatic rings. The van der Waals surface area contributed by atoms with Crippen LogP contribution in [0.4, 0.5) is 0 Å². The number of amides is 1. The molecule has 0 aromatic heterocycles. The molecule has 3 fully saturated rings. The van der Waals surface area contributed by atoms with Gasteiger partial charge in [0.1, 0.15) is 0 Å². The molecule has 114 valence electrons. The Kier molecular flexibility index (Phi) is 4.58. The maximum atomic E-state index is 12.2. The summed E-state index contributed by atoms with van der Waals surface area (Å²) in [6.07, 6.45) is 3.06. The van der Waals surface area contributed by atoms with E-state index < -0.39 is 0 Å². The molecule has 3 atom stereocenters. The van der Waals surface area contributed by atoms with E-state index in [0.717, 1.165) is 63.9 Å². The third-order valence-corrected chi connectivity index (χ3v) is 5.18. The summed E-state index contributed by atoms with van der Waals surface area (Å²) in [5, 5.41) is 6.67. The summed E-state index contributed by atoms with van der Waals surface area (Å²) < 4.78 is 5.33. The lowest BCUT2D eigenvalue weighted by atomic mass is 9.93. The molecule has 0 bridgehead atoms. The smallest absolute Gasteiger partial charge is 0.234 e. The van der Waals surface area contributed by atoms with Crippen LogP contribution in [0.2, 0.25) is 0 Å². The fourth-order valence-corrected chi connectivity index (χ4v) is 4.15. The van der Waals surface area contributed by atoms with Crippen molar-refractivity contribution >= 4 is 5.91 Å². The molecule has 0 saturated carbocycles. The van der Waals surface area contributed by atoms with E-state index >= 15 is 0 Å². The standard InChI is InChI=1S/C15H27N3O2/c1-2-14-13-8-16-7-11(13)9-18(14)10-15(19)17-12-3-5-20-6-4-12/h11-14,16H,2-10H2,1H3,(H,17,19). The van der Waals surface area contributed by atoms with Gasteiger partial charge in [-0.1, -0.05) is 6.92 Å². The third kappa shape index (κ3) is 3.00. The van der Waals surface area contributed by atoms with Crippen LogP contribution in [-0.2, 0) is 9.53 Å². The molecular weight excluding hydrogens is 254 g/mol. The number of fused-ring (bicyclic) bond motifs is 1. The lowest BCUT2D eigenvalue weighted by molar-refractivity contribution is -0.123. The van der Waals surface area contributed by atoms with Gasteiger partial charge in [-0.25, -0.2) is 0 Å². The molecule has 0 radical (unpaired) electrons. The van der Waals surface area contributed by atoms with Crippen molar-refractivity contribution in [2.24, 2.45) is 11.8 Å². The number of carbonyl (C=O) groups excluding carboxylic acids is 1. The molecule has 3 aliphatic heterocycles. The van der Waals surface area contributed by atoms with Crippen molar-refractivity contribution in [3.05, 3.63) is 0 Å². The minimum Gasteiger partial charge on any atom is -0.381 e. The first-order chi connectivity index (χ1) is 9.78. The van der Waals surface area contributed by atoms with Crippen LogP contribution in [0.15, 0.2) is 0 Å². The number of rotatable bonds is 4. The third-order valence-electron chi connectivity index (χ3n) is 5.18. The Morgan fingerprint density at radius 1 is 1.35 bits per heavy atom. The first-order valence-electron chi connectivity index (χ1n) is 8.09. The first kappa shape index (κ1) is 14.3. The minimum atomic E-state index is 0.197. The second-order valence-corrected chi connectivity index (χ2v) is 6.44. The van der Waals surface area contributed by atoms with Gasteiger partial charge in [0, 0.05) is 31.8 Å². The van der Waals surface area contributed by atoms with Crippen LogP contribution in [0, 0.1) is 11.8 Å². The minimum absolute atomic E-state index is 0.197. The van der Waals surface area contributed by atoms with Gasteiger partial charge in [-0.05, 0) is 44.2 Å². The Balaban J connectivity index is 1.50. The van der Waals surface area contributed by atoms with E-state index in [2.05, 4.69) is 22.5 Å². The maximum Gasteiger partial charge on any atom is 0.234 e. The molecule has 5 nitrogen and oxygen atoms in total. The highest BCUT2D eigenvalue weighted by molar-refractivity contribution is 5.78. The molecule has 3 saturated heterocycles. The number of nitrogens with one attached hydrogen (secondary N) is 2. The number of ether oxygens (including phenoxy) is 1. The second-order valence-electron chi connectivity index (χ2n) is 6.44. The zero-order valence-electron chi connectivity index (χ0n) is 12.4. The Morgan fingerprint density at radius 2 is 2.15 bits per heavy atom. The molecule has 0 aromatic carbocycles. The average Bonchev–Trinajstić information content (AvgIpc) is 3.00. The summed E-state index contributed by atoms with van der Waals surface area (Å²) in [5.41, 5.74) is 0. The number of hydrogen-bond donors (Lipinski definition) is 2. The fourth-order valence-electron chi connectivity index (χ4n) is 4.15. The molecule has 20 heavy (non-hydrogen) atoms. The van der Waals surface area contributed by atoms with Gasteiger partial charge < -0.3 is 15.4 Å². The van der Waals surface area contributed by atoms with Crippen LogP contribution in [0.3, 0.4) is 0 Å². The SMILES string of the molecule is CCC1C2CNCC2CN1CC(=O)NC1CCOCC1. The van der Waals surface area contributed by atoms with Gasteiger partial charge in [0.25, 0.3) is 0 Å². The topological polar surface area (TPSA) is 53.6 Å². The van der Waals surface area contributed by atoms with Crippen LogP contribution in [0.5, 0.6) is 0 Å². The lowest BCUT2D eigenvalue weighted by Crippen LogP contribution is -2.46. The van der Waals surface area contributed by atoms with Gasteiger partial charge in [-0.3, -0.25) is 9.69 Å². The molecule has 5 heteroatoms. The van der Waals surface area contributed by atoms with Gasteiger partial charge in [-0.15, -0.1) is 0 Å². The van der Waals surface area contributed by atoms with Gasteiger partial charge in [-0.2, -0.15) is 0 Å². The summed E-state index contributed by atoms with van der Waals surface area (Å²) in [6, 6.07) is 0.899. The van der Waals surface area contributed by atoms with Crippen LogP contribution < -0.4 is 10.6 Å². The molecule has 2 N–H and O–H groups in total. The predicted molar refractivity (Wildman–Crippen MR) is 77.5 cm³/mol. The van der Waals surface area contributed by atoms with Crippen LogP contribution in [0.25, 0.3) is 0 Å². The highest BCUT2D eigenvalue weighted by Gasteiger charge is 2.43. The van der Waals surface area contributed by atoms with Gasteiger partial charge in [0.2, 0.25) is 5.91 Å². The van der Waals surface area contributed by atoms with E-state index in [-0.39, 0.29) is 5.91 Å². The van der Waals surface area contributed by atoms with E-state index in [1.165, 1.54) is 0 Å². The van der Waals surface area contributed by atoms with Gasteiger partial charge in [0.05, 0.1) is 6.54 Å². The normalized spacial score (nSPS) is 35.1. The summed E-state index contributed by atoms with van der Waals surface area (Å²) in [7, 11) is 0. The van der Waals surface area contributed by atoms with Crippen LogP contribution in [-0.4, -0.2) is 62.3 Å². The number of hydrogen-bond acceptors (Lipinski definition) is 4.